The molecule has 0 spiro atoms. The fourth-order valence-corrected chi connectivity index (χ4v) is 10.5. The van der Waals surface area contributed by atoms with Crippen LogP contribution in [-0.2, 0) is 4.43 Å². The number of thioether (sulfide) groups is 1. The molecule has 2 heterocycles. The van der Waals surface area contributed by atoms with Gasteiger partial charge in [0.25, 0.3) is 8.32 Å². The Hall–Kier alpha value is -2.06. The molecule has 7 heteroatoms. The van der Waals surface area contributed by atoms with E-state index in [1.165, 1.54) is 10.4 Å². The summed E-state index contributed by atoms with van der Waals surface area (Å²) in [4.78, 5) is 16.8. The van der Waals surface area contributed by atoms with E-state index in [1.54, 1.807) is 11.8 Å². The number of carbonyl (C=O) groups is 1. The number of carbonyl (C=O) groups excluding carboxylic acids is 1. The maximum Gasteiger partial charge on any atom is 0.323 e. The summed E-state index contributed by atoms with van der Waals surface area (Å²) in [5.74, 6) is 0. The molecule has 2 aromatic rings. The minimum absolute atomic E-state index is 0.0140. The van der Waals surface area contributed by atoms with E-state index in [4.69, 9.17) is 4.43 Å². The highest BCUT2D eigenvalue weighted by Gasteiger charge is 2.53. The summed E-state index contributed by atoms with van der Waals surface area (Å²) in [5.41, 5.74) is 0.0164. The molecule has 1 unspecified atom stereocenters. The van der Waals surface area contributed by atoms with E-state index >= 15 is 0 Å². The Bertz CT molecular complexity index is 962. The maximum atomic E-state index is 12.7. The van der Waals surface area contributed by atoms with Gasteiger partial charge in [0.15, 0.2) is 0 Å². The van der Waals surface area contributed by atoms with Gasteiger partial charge in [0, 0.05) is 25.3 Å². The maximum absolute atomic E-state index is 12.7. The molecule has 2 aromatic carbocycles. The average molecular weight is 480 g/mol. The van der Waals surface area contributed by atoms with Crippen LogP contribution in [0, 0.1) is 0 Å². The molecule has 0 bridgehead atoms. The molecular formula is C26H33N3O2SSi. The predicted molar refractivity (Wildman–Crippen MR) is 138 cm³/mol. The van der Waals surface area contributed by atoms with Crippen LogP contribution in [0.15, 0.2) is 72.3 Å². The molecule has 2 aliphatic heterocycles. The molecule has 1 N–H and O–H groups in total. The minimum Gasteiger partial charge on any atom is -0.402 e. The van der Waals surface area contributed by atoms with E-state index in [9.17, 15) is 4.79 Å². The summed E-state index contributed by atoms with van der Waals surface area (Å²) in [5, 5.41) is 7.72. The van der Waals surface area contributed by atoms with Crippen LogP contribution in [0.4, 0.5) is 4.79 Å². The zero-order chi connectivity index (χ0) is 23.1. The van der Waals surface area contributed by atoms with Gasteiger partial charge in [-0.05, 0) is 33.7 Å². The average Bonchev–Trinajstić information content (AvgIpc) is 3.46. The Labute approximate surface area is 202 Å². The molecule has 1 saturated heterocycles. The molecule has 1 atom stereocenters. The van der Waals surface area contributed by atoms with Gasteiger partial charge in [0.05, 0.1) is 6.10 Å². The molecule has 2 amide bonds. The Morgan fingerprint density at radius 1 is 1.00 bits per heavy atom. The Kier molecular flexibility index (Phi) is 6.16. The summed E-state index contributed by atoms with van der Waals surface area (Å²) < 4.78 is 7.22. The van der Waals surface area contributed by atoms with E-state index in [1.807, 2.05) is 16.5 Å². The van der Waals surface area contributed by atoms with E-state index in [2.05, 4.69) is 91.7 Å². The topological polar surface area (TPSA) is 44.8 Å². The summed E-state index contributed by atoms with van der Waals surface area (Å²) in [7, 11) is -2.55. The number of hydrogen-bond acceptors (Lipinski definition) is 4. The fourth-order valence-electron chi connectivity index (χ4n) is 4.88. The lowest BCUT2D eigenvalue weighted by Crippen LogP contribution is -2.71. The summed E-state index contributed by atoms with van der Waals surface area (Å²) >= 11 is 1.69. The molecule has 5 nitrogen and oxygen atoms in total. The van der Waals surface area contributed by atoms with Gasteiger partial charge in [-0.2, -0.15) is 0 Å². The van der Waals surface area contributed by atoms with Gasteiger partial charge < -0.3 is 9.74 Å². The number of amides is 2. The second kappa shape index (κ2) is 8.95. The van der Waals surface area contributed by atoms with Crippen molar-refractivity contribution >= 4 is 36.5 Å². The van der Waals surface area contributed by atoms with Crippen LogP contribution >= 0.6 is 11.8 Å². The zero-order valence-electron chi connectivity index (χ0n) is 19.6. The van der Waals surface area contributed by atoms with Crippen LogP contribution in [0.5, 0.6) is 0 Å². The van der Waals surface area contributed by atoms with Gasteiger partial charge >= 0.3 is 6.03 Å². The number of urea groups is 1. The first-order valence-corrected chi connectivity index (χ1v) is 14.7. The summed E-state index contributed by atoms with van der Waals surface area (Å²) in [6, 6.07) is 22.0. The van der Waals surface area contributed by atoms with Crippen LogP contribution in [-0.4, -0.2) is 54.9 Å². The lowest BCUT2D eigenvalue weighted by Gasteiger charge is -2.51. The van der Waals surface area contributed by atoms with Crippen LogP contribution in [0.25, 0.3) is 0 Å². The van der Waals surface area contributed by atoms with E-state index in [0.29, 0.717) is 6.04 Å². The Morgan fingerprint density at radius 3 is 2.09 bits per heavy atom. The van der Waals surface area contributed by atoms with Gasteiger partial charge in [-0.15, -0.1) is 0 Å². The summed E-state index contributed by atoms with van der Waals surface area (Å²) in [6.07, 6.45) is 4.24. The van der Waals surface area contributed by atoms with Crippen molar-refractivity contribution in [3.63, 3.8) is 0 Å². The monoisotopic (exact) mass is 479 g/mol. The lowest BCUT2D eigenvalue weighted by molar-refractivity contribution is -0.0153. The first-order valence-electron chi connectivity index (χ1n) is 11.8. The smallest absolute Gasteiger partial charge is 0.323 e. The molecule has 0 aromatic heterocycles. The molecule has 33 heavy (non-hydrogen) atoms. The largest absolute Gasteiger partial charge is 0.402 e. The van der Waals surface area contributed by atoms with Crippen LogP contribution < -0.4 is 15.7 Å². The van der Waals surface area contributed by atoms with Crippen molar-refractivity contribution in [1.82, 2.24) is 15.1 Å². The minimum atomic E-state index is -2.55. The second-order valence-electron chi connectivity index (χ2n) is 10.2. The van der Waals surface area contributed by atoms with Crippen molar-refractivity contribution in [2.45, 2.75) is 56.3 Å². The Morgan fingerprint density at radius 2 is 1.58 bits per heavy atom. The van der Waals surface area contributed by atoms with Gasteiger partial charge in [0.2, 0.25) is 0 Å². The second-order valence-corrected chi connectivity index (χ2v) is 15.5. The van der Waals surface area contributed by atoms with Crippen LogP contribution in [0.2, 0.25) is 5.04 Å². The SMILES string of the molecule is CC(C)(C)[Si](OC1CN(C2SC=CN2C(=O)NC2CC2)C1)(c1ccccc1)c1ccccc1. The molecule has 5 rings (SSSR count). The van der Waals surface area contributed by atoms with E-state index in [-0.39, 0.29) is 22.7 Å². The first-order chi connectivity index (χ1) is 15.9. The number of nitrogens with one attached hydrogen (secondary N) is 1. The fraction of sp³-hybridized carbons (Fsp3) is 0.423. The molecule has 1 saturated carbocycles. The third-order valence-corrected chi connectivity index (χ3v) is 12.9. The van der Waals surface area contributed by atoms with Crippen molar-refractivity contribution < 1.29 is 9.22 Å². The highest BCUT2D eigenvalue weighted by molar-refractivity contribution is 8.02. The molecular weight excluding hydrogens is 446 g/mol. The van der Waals surface area contributed by atoms with Gasteiger partial charge in [-0.3, -0.25) is 9.80 Å². The standard InChI is InChI=1S/C26H33N3O2SSi/c1-26(2,3)33(22-10-6-4-7-11-22,23-12-8-5-9-13-23)31-21-18-28(19-21)25-29(16-17-32-25)24(30)27-20-14-15-20/h4-13,16-17,20-21,25H,14-15,18-19H2,1-3H3,(H,27,30). The van der Waals surface area contributed by atoms with Crippen molar-refractivity contribution in [2.75, 3.05) is 13.1 Å². The highest BCUT2D eigenvalue weighted by Crippen LogP contribution is 2.40. The van der Waals surface area contributed by atoms with Crippen LogP contribution in [0.1, 0.15) is 33.6 Å². The van der Waals surface area contributed by atoms with Crippen molar-refractivity contribution in [3.05, 3.63) is 72.3 Å². The van der Waals surface area contributed by atoms with E-state index < -0.39 is 8.32 Å². The lowest BCUT2D eigenvalue weighted by atomic mass is 10.2. The molecule has 1 aliphatic carbocycles. The molecule has 0 radical (unpaired) electrons. The number of hydrogen-bond donors (Lipinski definition) is 1. The highest BCUT2D eigenvalue weighted by atomic mass is 32.2. The normalized spacial score (nSPS) is 21.8. The zero-order valence-corrected chi connectivity index (χ0v) is 21.4. The summed E-state index contributed by atoms with van der Waals surface area (Å²) in [6.45, 7) is 8.61. The quantitative estimate of drug-likeness (QED) is 0.638. The third-order valence-electron chi connectivity index (χ3n) is 6.75. The van der Waals surface area contributed by atoms with Crippen molar-refractivity contribution in [1.29, 1.82) is 0 Å². The number of benzene rings is 2. The Balaban J connectivity index is 1.35. The predicted octanol–water partition coefficient (Wildman–Crippen LogP) is 3.92. The van der Waals surface area contributed by atoms with Crippen molar-refractivity contribution in [2.24, 2.45) is 0 Å². The molecule has 3 aliphatic rings. The molecule has 2 fully saturated rings. The van der Waals surface area contributed by atoms with Gasteiger partial charge in [-0.1, -0.05) is 93.2 Å². The van der Waals surface area contributed by atoms with Gasteiger partial charge in [0.1, 0.15) is 5.50 Å². The first kappa shape index (κ1) is 22.7. The third kappa shape index (κ3) is 4.39. The van der Waals surface area contributed by atoms with Gasteiger partial charge in [-0.25, -0.2) is 4.79 Å². The number of nitrogens with zero attached hydrogens (tertiary/aromatic N) is 2. The van der Waals surface area contributed by atoms with Crippen LogP contribution in [0.3, 0.4) is 0 Å². The number of likely N-dealkylation sites (tertiary alicyclic amines) is 1. The van der Waals surface area contributed by atoms with Crippen molar-refractivity contribution in [3.8, 4) is 0 Å². The number of rotatable bonds is 6. The molecule has 174 valence electrons. The van der Waals surface area contributed by atoms with E-state index in [0.717, 1.165) is 25.9 Å².